The second-order valence-corrected chi connectivity index (χ2v) is 14.5. The number of amides is 1. The summed E-state index contributed by atoms with van der Waals surface area (Å²) in [6.07, 6.45) is 1.44. The van der Waals surface area contributed by atoms with Gasteiger partial charge in [0.15, 0.2) is 0 Å². The molecule has 3 N–H and O–H groups in total. The molecule has 0 aliphatic heterocycles. The first-order chi connectivity index (χ1) is 13.4. The van der Waals surface area contributed by atoms with Gasteiger partial charge in [-0.3, -0.25) is 9.59 Å². The molecule has 29 heavy (non-hydrogen) atoms. The number of pyridine rings is 1. The van der Waals surface area contributed by atoms with Crippen LogP contribution in [-0.4, -0.2) is 24.1 Å². The van der Waals surface area contributed by atoms with Crippen LogP contribution in [0.25, 0.3) is 10.9 Å². The molecule has 3 rings (SSSR count). The summed E-state index contributed by atoms with van der Waals surface area (Å²) in [5.41, 5.74) is 1.59. The summed E-state index contributed by atoms with van der Waals surface area (Å²) in [6, 6.07) is 10.7. The van der Waals surface area contributed by atoms with Gasteiger partial charge in [0, 0.05) is 28.9 Å². The first-order valence-electron chi connectivity index (χ1n) is 9.69. The molecule has 0 aliphatic carbocycles. The van der Waals surface area contributed by atoms with E-state index in [-0.39, 0.29) is 22.2 Å². The molecule has 1 heterocycles. The lowest BCUT2D eigenvalue weighted by Gasteiger charge is -2.27. The Kier molecular flexibility index (Phi) is 5.17. The predicted octanol–water partition coefficient (Wildman–Crippen LogP) is 4.33. The minimum atomic E-state index is -1.85. The highest BCUT2D eigenvalue weighted by molar-refractivity contribution is 6.89. The van der Waals surface area contributed by atoms with Crippen molar-refractivity contribution < 1.29 is 9.90 Å². The maximum absolute atomic E-state index is 13.0. The molecule has 2 aromatic carbocycles. The van der Waals surface area contributed by atoms with Crippen molar-refractivity contribution in [2.45, 2.75) is 45.8 Å². The van der Waals surface area contributed by atoms with Crippen molar-refractivity contribution in [2.75, 3.05) is 5.32 Å². The van der Waals surface area contributed by atoms with Crippen molar-refractivity contribution >= 4 is 35.8 Å². The van der Waals surface area contributed by atoms with E-state index >= 15 is 0 Å². The lowest BCUT2D eigenvalue weighted by molar-refractivity contribution is 0.102. The zero-order chi connectivity index (χ0) is 21.6. The van der Waals surface area contributed by atoms with Gasteiger partial charge in [-0.15, -0.1) is 0 Å². The number of rotatable bonds is 3. The van der Waals surface area contributed by atoms with Crippen LogP contribution in [0.15, 0.2) is 47.4 Å². The smallest absolute Gasteiger partial charge is 0.261 e. The third-order valence-electron chi connectivity index (χ3n) is 5.03. The Morgan fingerprint density at radius 1 is 1.10 bits per heavy atom. The van der Waals surface area contributed by atoms with Crippen molar-refractivity contribution in [3.63, 3.8) is 0 Å². The van der Waals surface area contributed by atoms with Gasteiger partial charge in [-0.05, 0) is 28.3 Å². The number of anilines is 1. The van der Waals surface area contributed by atoms with Crippen LogP contribution in [0.3, 0.4) is 0 Å². The van der Waals surface area contributed by atoms with E-state index in [1.54, 1.807) is 24.3 Å². The fourth-order valence-electron chi connectivity index (χ4n) is 3.44. The zero-order valence-electron chi connectivity index (χ0n) is 17.8. The summed E-state index contributed by atoms with van der Waals surface area (Å²) in [7, 11) is -1.85. The van der Waals surface area contributed by atoms with Crippen LogP contribution in [0.4, 0.5) is 5.69 Å². The molecule has 1 amide bonds. The van der Waals surface area contributed by atoms with Crippen LogP contribution < -0.4 is 15.9 Å². The molecule has 0 radical (unpaired) electrons. The summed E-state index contributed by atoms with van der Waals surface area (Å²) in [6.45, 7) is 12.7. The lowest BCUT2D eigenvalue weighted by Crippen LogP contribution is -2.41. The molecule has 5 nitrogen and oxygen atoms in total. The molecule has 3 aromatic rings. The van der Waals surface area contributed by atoms with Gasteiger partial charge >= 0.3 is 0 Å². The van der Waals surface area contributed by atoms with Gasteiger partial charge in [0.05, 0.1) is 8.07 Å². The van der Waals surface area contributed by atoms with Crippen molar-refractivity contribution in [3.8, 4) is 5.75 Å². The molecular weight excluding hydrogens is 380 g/mol. The summed E-state index contributed by atoms with van der Waals surface area (Å²) >= 11 is 0. The van der Waals surface area contributed by atoms with E-state index in [2.05, 4.69) is 29.9 Å². The normalized spacial score (nSPS) is 12.2. The largest absolute Gasteiger partial charge is 0.508 e. The van der Waals surface area contributed by atoms with E-state index in [9.17, 15) is 14.7 Å². The number of hydrogen-bond acceptors (Lipinski definition) is 3. The SMILES string of the molecule is CC(C)(C)c1cc([Si](C)(C)C)c(NC(=O)c2c[nH]c3ccccc3c2=O)cc1O. The molecule has 6 heteroatoms. The van der Waals surface area contributed by atoms with E-state index in [1.807, 2.05) is 32.9 Å². The summed E-state index contributed by atoms with van der Waals surface area (Å²) in [5.74, 6) is -0.346. The van der Waals surface area contributed by atoms with Crippen molar-refractivity contribution in [3.05, 3.63) is 63.9 Å². The number of para-hydroxylation sites is 1. The number of aromatic amines is 1. The second kappa shape index (κ2) is 7.19. The maximum atomic E-state index is 13.0. The Morgan fingerprint density at radius 3 is 2.38 bits per heavy atom. The van der Waals surface area contributed by atoms with Gasteiger partial charge in [-0.2, -0.15) is 0 Å². The first-order valence-corrected chi connectivity index (χ1v) is 13.2. The summed E-state index contributed by atoms with van der Waals surface area (Å²) in [5, 5.41) is 15.0. The van der Waals surface area contributed by atoms with Crippen LogP contribution >= 0.6 is 0 Å². The van der Waals surface area contributed by atoms with Crippen molar-refractivity contribution in [2.24, 2.45) is 0 Å². The van der Waals surface area contributed by atoms with Gasteiger partial charge in [-0.1, -0.05) is 58.6 Å². The van der Waals surface area contributed by atoms with Gasteiger partial charge in [0.25, 0.3) is 5.91 Å². The maximum Gasteiger partial charge on any atom is 0.261 e. The Morgan fingerprint density at radius 2 is 1.76 bits per heavy atom. The molecule has 0 saturated carbocycles. The molecule has 152 valence electrons. The van der Waals surface area contributed by atoms with Gasteiger partial charge < -0.3 is 15.4 Å². The molecule has 0 aliphatic rings. The van der Waals surface area contributed by atoms with E-state index in [4.69, 9.17) is 0 Å². The minimum Gasteiger partial charge on any atom is -0.508 e. The summed E-state index contributed by atoms with van der Waals surface area (Å²) < 4.78 is 0. The highest BCUT2D eigenvalue weighted by Gasteiger charge is 2.27. The average Bonchev–Trinajstić information content (AvgIpc) is 2.60. The number of nitrogens with one attached hydrogen (secondary N) is 2. The number of phenols is 1. The zero-order valence-corrected chi connectivity index (χ0v) is 18.8. The van der Waals surface area contributed by atoms with Crippen LogP contribution in [0.5, 0.6) is 5.75 Å². The molecule has 1 aromatic heterocycles. The number of benzene rings is 2. The molecule has 0 atom stereocenters. The molecule has 0 bridgehead atoms. The Hall–Kier alpha value is -2.86. The molecule has 0 saturated heterocycles. The third-order valence-corrected chi connectivity index (χ3v) is 7.06. The molecule has 0 spiro atoms. The number of carbonyl (C=O) groups excluding carboxylic acids is 1. The Labute approximate surface area is 171 Å². The van der Waals surface area contributed by atoms with E-state index < -0.39 is 14.0 Å². The second-order valence-electron chi connectivity index (χ2n) is 9.45. The first kappa shape index (κ1) is 20.9. The Bertz CT molecular complexity index is 1150. The Balaban J connectivity index is 2.08. The third kappa shape index (κ3) is 4.12. The fourth-order valence-corrected chi connectivity index (χ4v) is 4.96. The summed E-state index contributed by atoms with van der Waals surface area (Å²) in [4.78, 5) is 28.7. The molecule has 0 unspecified atom stereocenters. The van der Waals surface area contributed by atoms with Crippen LogP contribution in [-0.2, 0) is 5.41 Å². The number of aromatic hydroxyl groups is 1. The van der Waals surface area contributed by atoms with E-state index in [0.717, 1.165) is 10.8 Å². The minimum absolute atomic E-state index is 0.0459. The number of fused-ring (bicyclic) bond motifs is 1. The molecular formula is C23H28N2O3Si. The number of carbonyl (C=O) groups is 1. The standard InChI is InChI=1S/C23H28N2O3Si/c1-23(2,3)16-11-20(29(4,5)6)18(12-19(16)26)25-22(28)15-13-24-17-10-8-7-9-14(17)21(15)27/h7-13,26H,1-6H3,(H,24,27)(H,25,28). The quantitative estimate of drug-likeness (QED) is 0.564. The molecule has 0 fully saturated rings. The number of H-pyrrole nitrogens is 1. The van der Waals surface area contributed by atoms with Crippen LogP contribution in [0.1, 0.15) is 36.7 Å². The van der Waals surface area contributed by atoms with Crippen LogP contribution in [0.2, 0.25) is 19.6 Å². The van der Waals surface area contributed by atoms with Crippen LogP contribution in [0, 0.1) is 0 Å². The van der Waals surface area contributed by atoms with Gasteiger partial charge in [0.1, 0.15) is 11.3 Å². The van der Waals surface area contributed by atoms with Gasteiger partial charge in [-0.25, -0.2) is 0 Å². The highest BCUT2D eigenvalue weighted by atomic mass is 28.3. The number of hydrogen-bond donors (Lipinski definition) is 3. The monoisotopic (exact) mass is 408 g/mol. The topological polar surface area (TPSA) is 82.2 Å². The van der Waals surface area contributed by atoms with E-state index in [1.165, 1.54) is 6.20 Å². The lowest BCUT2D eigenvalue weighted by atomic mass is 9.86. The van der Waals surface area contributed by atoms with E-state index in [0.29, 0.717) is 16.6 Å². The number of aromatic nitrogens is 1. The van der Waals surface area contributed by atoms with Crippen molar-refractivity contribution in [1.82, 2.24) is 4.98 Å². The number of phenolic OH excluding ortho intramolecular Hbond substituents is 1. The van der Waals surface area contributed by atoms with Crippen molar-refractivity contribution in [1.29, 1.82) is 0 Å². The fraction of sp³-hybridized carbons (Fsp3) is 0.304. The van der Waals surface area contributed by atoms with Gasteiger partial charge in [0.2, 0.25) is 5.43 Å². The highest BCUT2D eigenvalue weighted by Crippen LogP contribution is 2.33. The average molecular weight is 409 g/mol. The predicted molar refractivity (Wildman–Crippen MR) is 122 cm³/mol.